The standard InChI is InChI=1S/C23H31N5/c1-27(21-13-7-9-18-10-8-15-25-23(18)21)17-22-26-19-11-3-4-12-20(19)28(22)16-6-2-5-14-24/h3-4,8,10-12,15,21H,2,5-7,9,13-14,16-17,24H2,1H3. The number of pyridine rings is 1. The summed E-state index contributed by atoms with van der Waals surface area (Å²) in [6.45, 7) is 2.61. The first-order chi connectivity index (χ1) is 13.8. The number of rotatable bonds is 8. The normalized spacial score (nSPS) is 16.6. The third-order valence-corrected chi connectivity index (χ3v) is 5.91. The van der Waals surface area contributed by atoms with Crippen LogP contribution in [0.1, 0.15) is 55.2 Å². The lowest BCUT2D eigenvalue weighted by molar-refractivity contribution is 0.201. The van der Waals surface area contributed by atoms with Gasteiger partial charge in [0.25, 0.3) is 0 Å². The molecule has 0 bridgehead atoms. The summed E-state index contributed by atoms with van der Waals surface area (Å²) in [7, 11) is 2.21. The zero-order valence-electron chi connectivity index (χ0n) is 16.8. The molecule has 0 saturated carbocycles. The van der Waals surface area contributed by atoms with E-state index in [1.807, 2.05) is 6.20 Å². The minimum absolute atomic E-state index is 0.371. The number of hydrogen-bond acceptors (Lipinski definition) is 4. The second-order valence-electron chi connectivity index (χ2n) is 7.89. The fourth-order valence-corrected chi connectivity index (χ4v) is 4.43. The molecule has 148 valence electrons. The number of para-hydroxylation sites is 2. The van der Waals surface area contributed by atoms with Crippen LogP contribution in [0.3, 0.4) is 0 Å². The third kappa shape index (κ3) is 3.96. The molecule has 2 aromatic heterocycles. The molecule has 0 amide bonds. The van der Waals surface area contributed by atoms with Gasteiger partial charge in [-0.1, -0.05) is 24.6 Å². The van der Waals surface area contributed by atoms with Gasteiger partial charge in [-0.2, -0.15) is 0 Å². The second kappa shape index (κ2) is 8.84. The molecule has 2 N–H and O–H groups in total. The van der Waals surface area contributed by atoms with E-state index in [1.54, 1.807) is 0 Å². The van der Waals surface area contributed by atoms with Crippen LogP contribution < -0.4 is 5.73 Å². The summed E-state index contributed by atoms with van der Waals surface area (Å²) in [5.41, 5.74) is 10.6. The number of aryl methyl sites for hydroxylation is 2. The number of nitrogens with zero attached hydrogens (tertiary/aromatic N) is 4. The summed E-state index contributed by atoms with van der Waals surface area (Å²) in [5.74, 6) is 1.15. The van der Waals surface area contributed by atoms with E-state index >= 15 is 0 Å². The molecule has 5 nitrogen and oxygen atoms in total. The van der Waals surface area contributed by atoms with Crippen LogP contribution in [0.5, 0.6) is 0 Å². The number of aromatic nitrogens is 3. The SMILES string of the molecule is CN(Cc1nc2ccccc2n1CCCCCN)C1CCCc2cccnc21. The van der Waals surface area contributed by atoms with Gasteiger partial charge >= 0.3 is 0 Å². The first-order valence-corrected chi connectivity index (χ1v) is 10.6. The summed E-state index contributed by atoms with van der Waals surface area (Å²) in [4.78, 5) is 12.1. The van der Waals surface area contributed by atoms with E-state index in [0.29, 0.717) is 6.04 Å². The largest absolute Gasteiger partial charge is 0.330 e. The van der Waals surface area contributed by atoms with Gasteiger partial charge in [-0.3, -0.25) is 9.88 Å². The Morgan fingerprint density at radius 1 is 1.14 bits per heavy atom. The molecule has 28 heavy (non-hydrogen) atoms. The topological polar surface area (TPSA) is 60.0 Å². The molecule has 1 atom stereocenters. The predicted molar refractivity (Wildman–Crippen MR) is 114 cm³/mol. The van der Waals surface area contributed by atoms with Gasteiger partial charge in [-0.25, -0.2) is 4.98 Å². The summed E-state index contributed by atoms with van der Waals surface area (Å²) in [6.07, 6.45) is 8.86. The van der Waals surface area contributed by atoms with Crippen LogP contribution in [0.15, 0.2) is 42.6 Å². The Hall–Kier alpha value is -2.24. The Morgan fingerprint density at radius 3 is 2.93 bits per heavy atom. The highest BCUT2D eigenvalue weighted by Gasteiger charge is 2.26. The molecular formula is C23H31N5. The average Bonchev–Trinajstić information content (AvgIpc) is 3.07. The third-order valence-electron chi connectivity index (χ3n) is 5.91. The van der Waals surface area contributed by atoms with Crippen molar-refractivity contribution in [1.82, 2.24) is 19.4 Å². The summed E-state index contributed by atoms with van der Waals surface area (Å²) in [6, 6.07) is 13.1. The molecule has 0 aliphatic heterocycles. The van der Waals surface area contributed by atoms with E-state index in [4.69, 9.17) is 15.7 Å². The smallest absolute Gasteiger partial charge is 0.124 e. The van der Waals surface area contributed by atoms with Crippen LogP contribution >= 0.6 is 0 Å². The van der Waals surface area contributed by atoms with Gasteiger partial charge in [0.2, 0.25) is 0 Å². The Balaban J connectivity index is 1.57. The molecule has 0 spiro atoms. The van der Waals surface area contributed by atoms with Crippen LogP contribution in [0.25, 0.3) is 11.0 Å². The van der Waals surface area contributed by atoms with E-state index < -0.39 is 0 Å². The minimum Gasteiger partial charge on any atom is -0.330 e. The average molecular weight is 378 g/mol. The molecule has 1 aliphatic carbocycles. The van der Waals surface area contributed by atoms with Crippen molar-refractivity contribution in [3.8, 4) is 0 Å². The van der Waals surface area contributed by atoms with E-state index in [-0.39, 0.29) is 0 Å². The van der Waals surface area contributed by atoms with Gasteiger partial charge in [-0.05, 0) is 69.5 Å². The molecule has 0 radical (unpaired) electrons. The van der Waals surface area contributed by atoms with Crippen molar-refractivity contribution in [1.29, 1.82) is 0 Å². The summed E-state index contributed by atoms with van der Waals surface area (Å²) < 4.78 is 2.41. The summed E-state index contributed by atoms with van der Waals surface area (Å²) >= 11 is 0. The number of imidazole rings is 1. The molecule has 0 fully saturated rings. The Bertz CT molecular complexity index is 916. The highest BCUT2D eigenvalue weighted by Crippen LogP contribution is 2.33. The quantitative estimate of drug-likeness (QED) is 0.601. The lowest BCUT2D eigenvalue weighted by atomic mass is 9.91. The molecule has 1 aliphatic rings. The van der Waals surface area contributed by atoms with Crippen molar-refractivity contribution in [2.45, 2.75) is 57.7 Å². The van der Waals surface area contributed by atoms with E-state index in [1.165, 1.54) is 23.2 Å². The van der Waals surface area contributed by atoms with Gasteiger partial charge < -0.3 is 10.3 Å². The van der Waals surface area contributed by atoms with Crippen molar-refractivity contribution in [3.05, 3.63) is 59.7 Å². The van der Waals surface area contributed by atoms with E-state index in [9.17, 15) is 0 Å². The zero-order valence-corrected chi connectivity index (χ0v) is 16.8. The fourth-order valence-electron chi connectivity index (χ4n) is 4.43. The van der Waals surface area contributed by atoms with Crippen molar-refractivity contribution < 1.29 is 0 Å². The number of benzene rings is 1. The van der Waals surface area contributed by atoms with Gasteiger partial charge in [0.1, 0.15) is 5.82 Å². The molecule has 1 aromatic carbocycles. The predicted octanol–water partition coefficient (Wildman–Crippen LogP) is 4.07. The van der Waals surface area contributed by atoms with Crippen molar-refractivity contribution in [3.63, 3.8) is 0 Å². The molecule has 2 heterocycles. The number of nitrogens with two attached hydrogens (primary N) is 1. The highest BCUT2D eigenvalue weighted by molar-refractivity contribution is 5.75. The Labute approximate surface area is 167 Å². The van der Waals surface area contributed by atoms with Crippen molar-refractivity contribution >= 4 is 11.0 Å². The van der Waals surface area contributed by atoms with Crippen LogP contribution in [0.4, 0.5) is 0 Å². The van der Waals surface area contributed by atoms with Crippen LogP contribution in [0, 0.1) is 0 Å². The first kappa shape index (κ1) is 19.1. The molecular weight excluding hydrogens is 346 g/mol. The molecule has 4 rings (SSSR count). The van der Waals surface area contributed by atoms with Crippen LogP contribution in [-0.2, 0) is 19.5 Å². The summed E-state index contributed by atoms with van der Waals surface area (Å²) in [5, 5.41) is 0. The van der Waals surface area contributed by atoms with Crippen molar-refractivity contribution in [2.24, 2.45) is 5.73 Å². The monoisotopic (exact) mass is 377 g/mol. The van der Waals surface area contributed by atoms with E-state index in [2.05, 4.69) is 52.9 Å². The number of fused-ring (bicyclic) bond motifs is 2. The van der Waals surface area contributed by atoms with Crippen LogP contribution in [-0.4, -0.2) is 33.0 Å². The van der Waals surface area contributed by atoms with E-state index in [0.717, 1.165) is 63.1 Å². The van der Waals surface area contributed by atoms with Crippen LogP contribution in [0.2, 0.25) is 0 Å². The number of unbranched alkanes of at least 4 members (excludes halogenated alkanes) is 2. The Morgan fingerprint density at radius 2 is 2.04 bits per heavy atom. The maximum absolute atomic E-state index is 5.66. The number of hydrogen-bond donors (Lipinski definition) is 1. The maximum Gasteiger partial charge on any atom is 0.124 e. The van der Waals surface area contributed by atoms with Gasteiger partial charge in [0, 0.05) is 12.7 Å². The minimum atomic E-state index is 0.371. The second-order valence-corrected chi connectivity index (χ2v) is 7.89. The Kier molecular flexibility index (Phi) is 6.03. The lowest BCUT2D eigenvalue weighted by Crippen LogP contribution is -2.29. The molecule has 5 heteroatoms. The molecule has 1 unspecified atom stereocenters. The molecule has 0 saturated heterocycles. The van der Waals surface area contributed by atoms with Crippen molar-refractivity contribution in [2.75, 3.05) is 13.6 Å². The highest BCUT2D eigenvalue weighted by atomic mass is 15.2. The van der Waals surface area contributed by atoms with Gasteiger partial charge in [-0.15, -0.1) is 0 Å². The van der Waals surface area contributed by atoms with Gasteiger partial charge in [0.05, 0.1) is 29.3 Å². The fraction of sp³-hybridized carbons (Fsp3) is 0.478. The van der Waals surface area contributed by atoms with Gasteiger partial charge in [0.15, 0.2) is 0 Å². The zero-order chi connectivity index (χ0) is 19.3. The first-order valence-electron chi connectivity index (χ1n) is 10.6. The maximum atomic E-state index is 5.66. The molecule has 3 aromatic rings. The lowest BCUT2D eigenvalue weighted by Gasteiger charge is -2.32.